The fraction of sp³-hybridized carbons (Fsp3) is 0.688. The van der Waals surface area contributed by atoms with E-state index in [2.05, 4.69) is 28.8 Å². The largest absolute Gasteiger partial charge is 0.339 e. The highest BCUT2D eigenvalue weighted by molar-refractivity contribution is 5.68. The standard InChI is InChI=1S/C6H6N4O2.C6H14.2C2H6/c1-10-4-3(7-2-8-4)5(11)9-6(10)12;1-3-5-6-4-2;2*1-2/h2H,1H3,(H,7,8)(H,9,11,12);3-6H2,1-2H3;2*1-2H3. The monoisotopic (exact) mass is 312 g/mol. The van der Waals surface area contributed by atoms with Gasteiger partial charge in [-0.25, -0.2) is 9.78 Å². The van der Waals surface area contributed by atoms with Crippen molar-refractivity contribution in [1.29, 1.82) is 0 Å². The highest BCUT2D eigenvalue weighted by atomic mass is 16.2. The van der Waals surface area contributed by atoms with E-state index in [4.69, 9.17) is 0 Å². The van der Waals surface area contributed by atoms with E-state index in [0.29, 0.717) is 11.2 Å². The van der Waals surface area contributed by atoms with Gasteiger partial charge in [-0.15, -0.1) is 0 Å². The highest BCUT2D eigenvalue weighted by Gasteiger charge is 2.04. The van der Waals surface area contributed by atoms with Gasteiger partial charge in [-0.1, -0.05) is 67.2 Å². The summed E-state index contributed by atoms with van der Waals surface area (Å²) in [5.74, 6) is 0. The molecule has 2 rings (SSSR count). The highest BCUT2D eigenvalue weighted by Crippen LogP contribution is 1.96. The van der Waals surface area contributed by atoms with Gasteiger partial charge in [0.2, 0.25) is 0 Å². The molecule has 0 amide bonds. The zero-order valence-electron chi connectivity index (χ0n) is 15.1. The van der Waals surface area contributed by atoms with Crippen LogP contribution in [0, 0.1) is 0 Å². The third-order valence-corrected chi connectivity index (χ3v) is 2.65. The average Bonchev–Trinajstić information content (AvgIpc) is 3.05. The van der Waals surface area contributed by atoms with Crippen molar-refractivity contribution in [2.75, 3.05) is 0 Å². The van der Waals surface area contributed by atoms with Gasteiger partial charge in [-0.3, -0.25) is 14.3 Å². The van der Waals surface area contributed by atoms with Gasteiger partial charge in [0.1, 0.15) is 5.52 Å². The first-order chi connectivity index (χ1) is 10.6. The Labute approximate surface area is 133 Å². The van der Waals surface area contributed by atoms with Crippen molar-refractivity contribution in [1.82, 2.24) is 19.5 Å². The Balaban J connectivity index is 0. The van der Waals surface area contributed by atoms with Crippen LogP contribution in [0.4, 0.5) is 0 Å². The molecule has 0 radical (unpaired) electrons. The van der Waals surface area contributed by atoms with Crippen LogP contribution in [0.2, 0.25) is 0 Å². The van der Waals surface area contributed by atoms with E-state index >= 15 is 0 Å². The van der Waals surface area contributed by atoms with Gasteiger partial charge in [0.05, 0.1) is 6.33 Å². The number of hydrogen-bond donors (Lipinski definition) is 2. The summed E-state index contributed by atoms with van der Waals surface area (Å²) in [5, 5.41) is 0. The summed E-state index contributed by atoms with van der Waals surface area (Å²) in [4.78, 5) is 30.7. The molecule has 0 fully saturated rings. The molecule has 128 valence electrons. The molecule has 0 atom stereocenters. The van der Waals surface area contributed by atoms with Crippen molar-refractivity contribution < 1.29 is 0 Å². The molecule has 2 N–H and O–H groups in total. The van der Waals surface area contributed by atoms with Gasteiger partial charge in [-0.05, 0) is 0 Å². The van der Waals surface area contributed by atoms with E-state index in [1.54, 1.807) is 7.05 Å². The van der Waals surface area contributed by atoms with E-state index in [1.807, 2.05) is 27.7 Å². The normalized spacial score (nSPS) is 8.86. The van der Waals surface area contributed by atoms with Crippen LogP contribution in [0.15, 0.2) is 15.9 Å². The van der Waals surface area contributed by atoms with Crippen LogP contribution in [0.1, 0.15) is 67.2 Å². The number of aromatic nitrogens is 4. The summed E-state index contributed by atoms with van der Waals surface area (Å²) in [5.41, 5.74) is -0.217. The van der Waals surface area contributed by atoms with Crippen LogP contribution >= 0.6 is 0 Å². The minimum atomic E-state index is -0.459. The Morgan fingerprint density at radius 1 is 1.05 bits per heavy atom. The summed E-state index contributed by atoms with van der Waals surface area (Å²) >= 11 is 0. The second-order valence-electron chi connectivity index (χ2n) is 4.13. The van der Waals surface area contributed by atoms with Gasteiger partial charge in [0.25, 0.3) is 5.56 Å². The van der Waals surface area contributed by atoms with Crippen molar-refractivity contribution in [2.24, 2.45) is 7.05 Å². The van der Waals surface area contributed by atoms with E-state index in [1.165, 1.54) is 36.6 Å². The molecule has 0 aromatic carbocycles. The number of unbranched alkanes of at least 4 members (excludes halogenated alkanes) is 3. The predicted octanol–water partition coefficient (Wildman–Crippen LogP) is 3.59. The maximum Gasteiger partial charge on any atom is 0.329 e. The van der Waals surface area contributed by atoms with Gasteiger partial charge in [0.15, 0.2) is 5.65 Å². The van der Waals surface area contributed by atoms with E-state index < -0.39 is 11.2 Å². The molecular weight excluding hydrogens is 280 g/mol. The van der Waals surface area contributed by atoms with E-state index in [-0.39, 0.29) is 0 Å². The Kier molecular flexibility index (Phi) is 14.4. The average molecular weight is 312 g/mol. The van der Waals surface area contributed by atoms with Crippen molar-refractivity contribution in [3.63, 3.8) is 0 Å². The third kappa shape index (κ3) is 7.24. The number of hydrogen-bond acceptors (Lipinski definition) is 3. The van der Waals surface area contributed by atoms with Crippen LogP contribution in [-0.2, 0) is 7.05 Å². The zero-order chi connectivity index (χ0) is 17.5. The van der Waals surface area contributed by atoms with Crippen molar-refractivity contribution in [3.8, 4) is 0 Å². The van der Waals surface area contributed by atoms with Crippen LogP contribution in [0.25, 0.3) is 11.2 Å². The summed E-state index contributed by atoms with van der Waals surface area (Å²) in [6, 6.07) is 0. The SMILES string of the molecule is CC.CC.CCCCCC.Cn1c(=O)[nH]c(=O)c2[nH]cnc21. The lowest BCUT2D eigenvalue weighted by molar-refractivity contribution is 0.702. The smallest absolute Gasteiger partial charge is 0.329 e. The molecule has 2 aromatic heterocycles. The molecule has 0 bridgehead atoms. The zero-order valence-corrected chi connectivity index (χ0v) is 15.1. The number of nitrogens with zero attached hydrogens (tertiary/aromatic N) is 2. The summed E-state index contributed by atoms with van der Waals surface area (Å²) in [6.45, 7) is 12.5. The van der Waals surface area contributed by atoms with Crippen LogP contribution in [0.5, 0.6) is 0 Å². The molecule has 0 saturated carbocycles. The quantitative estimate of drug-likeness (QED) is 0.849. The van der Waals surface area contributed by atoms with Crippen molar-refractivity contribution >= 4 is 11.2 Å². The number of H-pyrrole nitrogens is 2. The summed E-state index contributed by atoms with van der Waals surface area (Å²) < 4.78 is 1.27. The lowest BCUT2D eigenvalue weighted by Gasteiger charge is -1.94. The second-order valence-corrected chi connectivity index (χ2v) is 4.13. The molecule has 0 aliphatic heterocycles. The number of rotatable bonds is 3. The summed E-state index contributed by atoms with van der Waals surface area (Å²) in [7, 11) is 1.54. The van der Waals surface area contributed by atoms with Crippen LogP contribution < -0.4 is 11.2 Å². The second kappa shape index (κ2) is 14.1. The minimum Gasteiger partial charge on any atom is -0.339 e. The third-order valence-electron chi connectivity index (χ3n) is 2.65. The molecule has 6 heteroatoms. The first-order valence-electron chi connectivity index (χ1n) is 8.24. The molecule has 2 aromatic rings. The number of nitrogens with one attached hydrogen (secondary N) is 2. The number of imidazole rings is 1. The maximum atomic E-state index is 11.1. The molecule has 22 heavy (non-hydrogen) atoms. The molecule has 0 aliphatic rings. The molecular formula is C16H32N4O2. The van der Waals surface area contributed by atoms with E-state index in [0.717, 1.165) is 0 Å². The molecule has 0 unspecified atom stereocenters. The Hall–Kier alpha value is -1.85. The van der Waals surface area contributed by atoms with Crippen molar-refractivity contribution in [2.45, 2.75) is 67.2 Å². The first kappa shape index (κ1) is 22.4. The lowest BCUT2D eigenvalue weighted by atomic mass is 10.2. The molecule has 0 spiro atoms. The first-order valence-corrected chi connectivity index (χ1v) is 8.24. The fourth-order valence-electron chi connectivity index (χ4n) is 1.55. The number of aryl methyl sites for hydroxylation is 1. The Morgan fingerprint density at radius 3 is 2.00 bits per heavy atom. The van der Waals surface area contributed by atoms with Gasteiger partial charge in [0, 0.05) is 7.05 Å². The fourth-order valence-corrected chi connectivity index (χ4v) is 1.55. The van der Waals surface area contributed by atoms with Gasteiger partial charge in [-0.2, -0.15) is 0 Å². The van der Waals surface area contributed by atoms with Crippen LogP contribution in [-0.4, -0.2) is 19.5 Å². The predicted molar refractivity (Wildman–Crippen MR) is 94.5 cm³/mol. The maximum absolute atomic E-state index is 11.1. The van der Waals surface area contributed by atoms with Crippen molar-refractivity contribution in [3.05, 3.63) is 27.2 Å². The molecule has 6 nitrogen and oxygen atoms in total. The Bertz CT molecular complexity index is 592. The minimum absolute atomic E-state index is 0.317. The number of fused-ring (bicyclic) bond motifs is 1. The van der Waals surface area contributed by atoms with Crippen LogP contribution in [0.3, 0.4) is 0 Å². The molecule has 0 saturated heterocycles. The molecule has 2 heterocycles. The summed E-state index contributed by atoms with van der Waals surface area (Å²) in [6.07, 6.45) is 6.91. The van der Waals surface area contributed by atoms with E-state index in [9.17, 15) is 9.59 Å². The van der Waals surface area contributed by atoms with Gasteiger partial charge >= 0.3 is 5.69 Å². The lowest BCUT2D eigenvalue weighted by Crippen LogP contribution is -2.28. The topological polar surface area (TPSA) is 83.5 Å². The Morgan fingerprint density at radius 2 is 1.55 bits per heavy atom. The number of aromatic amines is 2. The van der Waals surface area contributed by atoms with Gasteiger partial charge < -0.3 is 4.98 Å². The molecule has 0 aliphatic carbocycles.